The number of benzene rings is 1. The van der Waals surface area contributed by atoms with Gasteiger partial charge in [-0.2, -0.15) is 0 Å². The van der Waals surface area contributed by atoms with Crippen LogP contribution in [0.1, 0.15) is 5.69 Å². The van der Waals surface area contributed by atoms with Gasteiger partial charge in [-0.3, -0.25) is 4.98 Å². The van der Waals surface area contributed by atoms with Crippen molar-refractivity contribution in [3.8, 4) is 11.6 Å². The monoisotopic (exact) mass is 186 g/mol. The maximum atomic E-state index is 5.46. The van der Waals surface area contributed by atoms with E-state index in [0.29, 0.717) is 5.88 Å². The van der Waals surface area contributed by atoms with Gasteiger partial charge >= 0.3 is 0 Å². The average molecular weight is 186 g/mol. The first-order valence-corrected chi connectivity index (χ1v) is 4.36. The molecule has 0 unspecified atom stereocenters. The van der Waals surface area contributed by atoms with Gasteiger partial charge in [0.1, 0.15) is 5.75 Å². The minimum atomic E-state index is 0.516. The van der Waals surface area contributed by atoms with Crippen molar-refractivity contribution in [2.24, 2.45) is 0 Å². The summed E-state index contributed by atoms with van der Waals surface area (Å²) in [6, 6.07) is 9.52. The third-order valence-electron chi connectivity index (χ3n) is 1.72. The molecule has 0 amide bonds. The lowest BCUT2D eigenvalue weighted by Gasteiger charge is -2.02. The van der Waals surface area contributed by atoms with Crippen molar-refractivity contribution >= 4 is 0 Å². The van der Waals surface area contributed by atoms with Crippen LogP contribution in [0.2, 0.25) is 0 Å². The van der Waals surface area contributed by atoms with Crippen LogP contribution < -0.4 is 4.74 Å². The molecule has 0 fully saturated rings. The van der Waals surface area contributed by atoms with E-state index >= 15 is 0 Å². The van der Waals surface area contributed by atoms with Crippen LogP contribution >= 0.6 is 0 Å². The molecule has 0 spiro atoms. The highest BCUT2D eigenvalue weighted by Gasteiger charge is 1.96. The zero-order chi connectivity index (χ0) is 9.80. The Balaban J connectivity index is 2.16. The zero-order valence-corrected chi connectivity index (χ0v) is 7.84. The van der Waals surface area contributed by atoms with E-state index in [9.17, 15) is 0 Å². The summed E-state index contributed by atoms with van der Waals surface area (Å²) in [6.45, 7) is 1.89. The lowest BCUT2D eigenvalue weighted by atomic mass is 10.3. The van der Waals surface area contributed by atoms with Gasteiger partial charge in [0.15, 0.2) is 0 Å². The van der Waals surface area contributed by atoms with Gasteiger partial charge in [-0.1, -0.05) is 18.2 Å². The van der Waals surface area contributed by atoms with Crippen molar-refractivity contribution in [3.05, 3.63) is 48.4 Å². The zero-order valence-electron chi connectivity index (χ0n) is 7.84. The SMILES string of the molecule is Cc1cnc(Oc2ccccc2)cn1. The first kappa shape index (κ1) is 8.69. The molecule has 0 bridgehead atoms. The molecule has 2 aromatic rings. The molecule has 3 nitrogen and oxygen atoms in total. The van der Waals surface area contributed by atoms with Crippen molar-refractivity contribution in [1.82, 2.24) is 9.97 Å². The van der Waals surface area contributed by atoms with E-state index in [1.54, 1.807) is 12.4 Å². The van der Waals surface area contributed by atoms with Gasteiger partial charge in [-0.15, -0.1) is 0 Å². The quantitative estimate of drug-likeness (QED) is 0.723. The summed E-state index contributed by atoms with van der Waals surface area (Å²) in [6.07, 6.45) is 3.29. The predicted molar refractivity (Wildman–Crippen MR) is 53.3 cm³/mol. The van der Waals surface area contributed by atoms with Gasteiger partial charge in [0.25, 0.3) is 0 Å². The maximum Gasteiger partial charge on any atom is 0.237 e. The fourth-order valence-electron chi connectivity index (χ4n) is 1.04. The average Bonchev–Trinajstić information content (AvgIpc) is 2.23. The third-order valence-corrected chi connectivity index (χ3v) is 1.72. The van der Waals surface area contributed by atoms with Crippen LogP contribution in [0.3, 0.4) is 0 Å². The first-order chi connectivity index (χ1) is 6.84. The van der Waals surface area contributed by atoms with Crippen LogP contribution in [0.25, 0.3) is 0 Å². The lowest BCUT2D eigenvalue weighted by molar-refractivity contribution is 0.459. The molecule has 0 radical (unpaired) electrons. The summed E-state index contributed by atoms with van der Waals surface area (Å²) in [4.78, 5) is 8.18. The van der Waals surface area contributed by atoms with Gasteiger partial charge in [0.2, 0.25) is 5.88 Å². The van der Waals surface area contributed by atoms with Crippen LogP contribution in [0.5, 0.6) is 11.6 Å². The fraction of sp³-hybridized carbons (Fsp3) is 0.0909. The van der Waals surface area contributed by atoms with E-state index in [4.69, 9.17) is 4.74 Å². The van der Waals surface area contributed by atoms with Gasteiger partial charge < -0.3 is 4.74 Å². The van der Waals surface area contributed by atoms with Crippen molar-refractivity contribution < 1.29 is 4.74 Å². The van der Waals surface area contributed by atoms with E-state index in [2.05, 4.69) is 9.97 Å². The highest BCUT2D eigenvalue weighted by Crippen LogP contribution is 2.16. The number of ether oxygens (including phenoxy) is 1. The molecule has 1 heterocycles. The number of rotatable bonds is 2. The van der Waals surface area contributed by atoms with Crippen LogP contribution in [0.15, 0.2) is 42.7 Å². The summed E-state index contributed by atoms with van der Waals surface area (Å²) < 4.78 is 5.46. The van der Waals surface area contributed by atoms with Crippen molar-refractivity contribution in [2.45, 2.75) is 6.92 Å². The Kier molecular flexibility index (Phi) is 2.40. The third kappa shape index (κ3) is 2.07. The van der Waals surface area contributed by atoms with Gasteiger partial charge in [0, 0.05) is 0 Å². The molecule has 1 aromatic heterocycles. The molecule has 0 saturated heterocycles. The molecule has 0 atom stereocenters. The summed E-state index contributed by atoms with van der Waals surface area (Å²) >= 11 is 0. The molecular formula is C11H10N2O. The number of hydrogen-bond donors (Lipinski definition) is 0. The molecule has 14 heavy (non-hydrogen) atoms. The van der Waals surface area contributed by atoms with Crippen LogP contribution in [0.4, 0.5) is 0 Å². The Morgan fingerprint density at radius 2 is 1.79 bits per heavy atom. The Hall–Kier alpha value is -1.90. The topological polar surface area (TPSA) is 35.0 Å². The van der Waals surface area contributed by atoms with Crippen LogP contribution in [-0.2, 0) is 0 Å². The molecule has 2 rings (SSSR count). The fourth-order valence-corrected chi connectivity index (χ4v) is 1.04. The molecular weight excluding hydrogens is 176 g/mol. The standard InChI is InChI=1S/C11H10N2O/c1-9-7-13-11(8-12-9)14-10-5-3-2-4-6-10/h2-8H,1H3. The second kappa shape index (κ2) is 3.87. The number of nitrogens with zero attached hydrogens (tertiary/aromatic N) is 2. The summed E-state index contributed by atoms with van der Waals surface area (Å²) in [5, 5.41) is 0. The molecule has 0 N–H and O–H groups in total. The van der Waals surface area contributed by atoms with Gasteiger partial charge in [-0.25, -0.2) is 4.98 Å². The van der Waals surface area contributed by atoms with Gasteiger partial charge in [-0.05, 0) is 19.1 Å². The molecule has 0 saturated carbocycles. The minimum Gasteiger partial charge on any atom is -0.438 e. The highest BCUT2D eigenvalue weighted by atomic mass is 16.5. The molecule has 70 valence electrons. The van der Waals surface area contributed by atoms with E-state index in [0.717, 1.165) is 11.4 Å². The Morgan fingerprint density at radius 3 is 2.43 bits per heavy atom. The van der Waals surface area contributed by atoms with Crippen LogP contribution in [0, 0.1) is 6.92 Å². The first-order valence-electron chi connectivity index (χ1n) is 4.36. The van der Waals surface area contributed by atoms with E-state index in [1.807, 2.05) is 37.3 Å². The van der Waals surface area contributed by atoms with Gasteiger partial charge in [0.05, 0.1) is 18.1 Å². The molecule has 0 aliphatic heterocycles. The minimum absolute atomic E-state index is 0.516. The Labute approximate surface area is 82.4 Å². The van der Waals surface area contributed by atoms with E-state index in [1.165, 1.54) is 0 Å². The second-order valence-corrected chi connectivity index (χ2v) is 2.91. The van der Waals surface area contributed by atoms with Crippen molar-refractivity contribution in [2.75, 3.05) is 0 Å². The molecule has 1 aromatic carbocycles. The maximum absolute atomic E-state index is 5.46. The second-order valence-electron chi connectivity index (χ2n) is 2.91. The smallest absolute Gasteiger partial charge is 0.237 e. The number of para-hydroxylation sites is 1. The van der Waals surface area contributed by atoms with Crippen molar-refractivity contribution in [1.29, 1.82) is 0 Å². The lowest BCUT2D eigenvalue weighted by Crippen LogP contribution is -1.89. The molecule has 0 aliphatic carbocycles. The summed E-state index contributed by atoms with van der Waals surface area (Å²) in [7, 11) is 0. The van der Waals surface area contributed by atoms with E-state index in [-0.39, 0.29) is 0 Å². The Morgan fingerprint density at radius 1 is 1.00 bits per heavy atom. The predicted octanol–water partition coefficient (Wildman–Crippen LogP) is 2.58. The summed E-state index contributed by atoms with van der Waals surface area (Å²) in [5.41, 5.74) is 0.880. The molecule has 0 aliphatic rings. The Bertz CT molecular complexity index is 397. The number of hydrogen-bond acceptors (Lipinski definition) is 3. The normalized spacial score (nSPS) is 9.79. The number of aromatic nitrogens is 2. The van der Waals surface area contributed by atoms with Crippen LogP contribution in [-0.4, -0.2) is 9.97 Å². The largest absolute Gasteiger partial charge is 0.438 e. The van der Waals surface area contributed by atoms with E-state index < -0.39 is 0 Å². The number of aryl methyl sites for hydroxylation is 1. The molecule has 3 heteroatoms. The highest BCUT2D eigenvalue weighted by molar-refractivity contribution is 5.25. The van der Waals surface area contributed by atoms with Crippen molar-refractivity contribution in [3.63, 3.8) is 0 Å². The summed E-state index contributed by atoms with van der Waals surface area (Å²) in [5.74, 6) is 1.28.